The largest absolute Gasteiger partial charge is 0.453 e. The third-order valence-corrected chi connectivity index (χ3v) is 6.77. The van der Waals surface area contributed by atoms with Crippen molar-refractivity contribution in [1.29, 1.82) is 0 Å². The Balaban J connectivity index is 1.57. The Morgan fingerprint density at radius 1 is 0.842 bits per heavy atom. The summed E-state index contributed by atoms with van der Waals surface area (Å²) in [6.07, 6.45) is -1.12. The lowest BCUT2D eigenvalue weighted by atomic mass is 9.99. The average Bonchev–Trinajstić information content (AvgIpc) is 2.91. The van der Waals surface area contributed by atoms with Gasteiger partial charge in [0.15, 0.2) is 0 Å². The van der Waals surface area contributed by atoms with Gasteiger partial charge in [0.2, 0.25) is 5.91 Å². The van der Waals surface area contributed by atoms with Crippen LogP contribution in [0.4, 0.5) is 21.0 Å². The van der Waals surface area contributed by atoms with Gasteiger partial charge in [-0.05, 0) is 56.2 Å². The number of fused-ring (bicyclic) bond motifs is 1. The molecular weight excluding hydrogens is 488 g/mol. The predicted octanol–water partition coefficient (Wildman–Crippen LogP) is 3.98. The van der Waals surface area contributed by atoms with Crippen molar-refractivity contribution >= 4 is 35.4 Å². The Morgan fingerprint density at radius 2 is 1.45 bits per heavy atom. The minimum Gasteiger partial charge on any atom is -0.453 e. The second-order valence-corrected chi connectivity index (χ2v) is 9.81. The van der Waals surface area contributed by atoms with E-state index in [0.717, 1.165) is 11.1 Å². The van der Waals surface area contributed by atoms with Gasteiger partial charge in [-0.1, -0.05) is 18.2 Å². The van der Waals surface area contributed by atoms with E-state index in [1.165, 1.54) is 14.0 Å². The van der Waals surface area contributed by atoms with E-state index in [9.17, 15) is 19.2 Å². The maximum Gasteiger partial charge on any atom is 0.414 e. The topological polar surface area (TPSA) is 99.7 Å². The van der Waals surface area contributed by atoms with Crippen molar-refractivity contribution in [3.8, 4) is 11.1 Å². The van der Waals surface area contributed by atoms with E-state index >= 15 is 0 Å². The number of carbonyl (C=O) groups excluding carboxylic acids is 4. The van der Waals surface area contributed by atoms with Crippen LogP contribution in [0.25, 0.3) is 11.1 Å². The molecule has 0 radical (unpaired) electrons. The first kappa shape index (κ1) is 27.0. The molecular formula is C28H34N4O6. The molecule has 1 atom stereocenters. The van der Waals surface area contributed by atoms with Crippen molar-refractivity contribution in [3.63, 3.8) is 0 Å². The van der Waals surface area contributed by atoms with Crippen LogP contribution >= 0.6 is 0 Å². The number of amides is 4. The Morgan fingerprint density at radius 3 is 2.03 bits per heavy atom. The van der Waals surface area contributed by atoms with E-state index < -0.39 is 6.09 Å². The summed E-state index contributed by atoms with van der Waals surface area (Å²) in [5, 5.41) is 0. The molecule has 0 aromatic heterocycles. The van der Waals surface area contributed by atoms with Gasteiger partial charge in [0.25, 0.3) is 5.91 Å². The summed E-state index contributed by atoms with van der Waals surface area (Å²) in [6, 6.07) is 12.7. The Labute approximate surface area is 222 Å². The summed E-state index contributed by atoms with van der Waals surface area (Å²) >= 11 is 0. The summed E-state index contributed by atoms with van der Waals surface area (Å²) in [4.78, 5) is 56.6. The number of benzene rings is 2. The normalized spacial score (nSPS) is 17.3. The lowest BCUT2D eigenvalue weighted by Crippen LogP contribution is -2.51. The minimum absolute atomic E-state index is 0.0970. The van der Waals surface area contributed by atoms with E-state index in [4.69, 9.17) is 9.47 Å². The van der Waals surface area contributed by atoms with Gasteiger partial charge in [0, 0.05) is 45.2 Å². The van der Waals surface area contributed by atoms with Crippen LogP contribution in [0.2, 0.25) is 0 Å². The molecule has 10 nitrogen and oxygen atoms in total. The highest BCUT2D eigenvalue weighted by Gasteiger charge is 2.35. The van der Waals surface area contributed by atoms with E-state index in [0.29, 0.717) is 49.7 Å². The van der Waals surface area contributed by atoms with Crippen molar-refractivity contribution in [2.24, 2.45) is 0 Å². The molecule has 4 amide bonds. The lowest BCUT2D eigenvalue weighted by molar-refractivity contribution is -0.117. The van der Waals surface area contributed by atoms with Crippen LogP contribution in [-0.4, -0.2) is 85.8 Å². The first-order valence-electron chi connectivity index (χ1n) is 12.7. The molecule has 2 aliphatic heterocycles. The number of hydrogen-bond donors (Lipinski definition) is 0. The highest BCUT2D eigenvalue weighted by atomic mass is 16.6. The fraction of sp³-hybridized carbons (Fsp3) is 0.429. The average molecular weight is 523 g/mol. The first-order chi connectivity index (χ1) is 18.1. The van der Waals surface area contributed by atoms with Gasteiger partial charge in [0.05, 0.1) is 30.6 Å². The Hall–Kier alpha value is -4.08. The fourth-order valence-electron chi connectivity index (χ4n) is 4.93. The molecule has 0 spiro atoms. The van der Waals surface area contributed by atoms with Crippen LogP contribution in [0.5, 0.6) is 0 Å². The van der Waals surface area contributed by atoms with Crippen molar-refractivity contribution in [1.82, 2.24) is 9.80 Å². The fourth-order valence-corrected chi connectivity index (χ4v) is 4.93. The number of anilines is 2. The van der Waals surface area contributed by atoms with Gasteiger partial charge in [-0.3, -0.25) is 14.5 Å². The van der Waals surface area contributed by atoms with Gasteiger partial charge in [0.1, 0.15) is 0 Å². The van der Waals surface area contributed by atoms with Crippen LogP contribution < -0.4 is 9.80 Å². The number of nitrogens with zero attached hydrogens (tertiary/aromatic N) is 4. The van der Waals surface area contributed by atoms with E-state index in [2.05, 4.69) is 0 Å². The van der Waals surface area contributed by atoms with Crippen LogP contribution in [-0.2, 0) is 14.3 Å². The first-order valence-corrected chi connectivity index (χ1v) is 12.7. The predicted molar refractivity (Wildman–Crippen MR) is 143 cm³/mol. The molecule has 202 valence electrons. The number of ether oxygens (including phenoxy) is 2. The zero-order chi connectivity index (χ0) is 27.6. The van der Waals surface area contributed by atoms with Crippen molar-refractivity contribution in [2.45, 2.75) is 39.8 Å². The van der Waals surface area contributed by atoms with Crippen LogP contribution in [0.3, 0.4) is 0 Å². The van der Waals surface area contributed by atoms with Crippen molar-refractivity contribution in [3.05, 3.63) is 48.0 Å². The molecule has 38 heavy (non-hydrogen) atoms. The van der Waals surface area contributed by atoms with E-state index in [1.54, 1.807) is 45.6 Å². The molecule has 1 saturated heterocycles. The second kappa shape index (κ2) is 11.1. The highest BCUT2D eigenvalue weighted by molar-refractivity contribution is 6.03. The number of carbonyl (C=O) groups is 4. The molecule has 2 aromatic rings. The number of methoxy groups -OCH3 is 1. The minimum atomic E-state index is -0.457. The molecule has 2 heterocycles. The quantitative estimate of drug-likeness (QED) is 0.605. The van der Waals surface area contributed by atoms with E-state index in [1.807, 2.05) is 37.3 Å². The monoisotopic (exact) mass is 522 g/mol. The molecule has 10 heteroatoms. The summed E-state index contributed by atoms with van der Waals surface area (Å²) in [6.45, 7) is 9.06. The molecule has 0 aliphatic carbocycles. The van der Waals surface area contributed by atoms with Crippen LogP contribution in [0.1, 0.15) is 38.1 Å². The van der Waals surface area contributed by atoms with Crippen molar-refractivity contribution in [2.75, 3.05) is 49.6 Å². The Kier molecular flexibility index (Phi) is 7.89. The smallest absolute Gasteiger partial charge is 0.414 e. The molecule has 1 unspecified atom stereocenters. The molecule has 0 saturated carbocycles. The maximum absolute atomic E-state index is 13.0. The second-order valence-electron chi connectivity index (χ2n) is 9.81. The lowest BCUT2D eigenvalue weighted by Gasteiger charge is -2.40. The number of piperazine rings is 1. The number of rotatable bonds is 3. The highest BCUT2D eigenvalue weighted by Crippen LogP contribution is 2.39. The van der Waals surface area contributed by atoms with Crippen LogP contribution in [0, 0.1) is 0 Å². The van der Waals surface area contributed by atoms with Gasteiger partial charge in [-0.2, -0.15) is 0 Å². The maximum atomic E-state index is 13.0. The SMILES string of the molecule is COC(=O)N1CCN(C(=O)c2ccc(-c3ccc4c(c3)N(C(=O)OC(C)C)CC(C)N4C(C)=O)cc2)CC1. The van der Waals surface area contributed by atoms with Gasteiger partial charge in [-0.25, -0.2) is 9.59 Å². The Bertz CT molecular complexity index is 1220. The molecule has 0 bridgehead atoms. The van der Waals surface area contributed by atoms with Crippen LogP contribution in [0.15, 0.2) is 42.5 Å². The van der Waals surface area contributed by atoms with E-state index in [-0.39, 0.29) is 30.1 Å². The molecule has 4 rings (SSSR count). The number of hydrogen-bond acceptors (Lipinski definition) is 6. The molecule has 1 fully saturated rings. The third kappa shape index (κ3) is 5.44. The zero-order valence-electron chi connectivity index (χ0n) is 22.5. The summed E-state index contributed by atoms with van der Waals surface area (Å²) < 4.78 is 10.2. The van der Waals surface area contributed by atoms with Gasteiger partial charge >= 0.3 is 12.2 Å². The molecule has 0 N–H and O–H groups in total. The molecule has 2 aliphatic rings. The summed E-state index contributed by atoms with van der Waals surface area (Å²) in [5.41, 5.74) is 3.51. The van der Waals surface area contributed by atoms with Crippen molar-refractivity contribution < 1.29 is 28.7 Å². The summed E-state index contributed by atoms with van der Waals surface area (Å²) in [5.74, 6) is -0.195. The zero-order valence-corrected chi connectivity index (χ0v) is 22.5. The third-order valence-electron chi connectivity index (χ3n) is 6.77. The van der Waals surface area contributed by atoms with Gasteiger partial charge < -0.3 is 24.2 Å². The molecule has 2 aromatic carbocycles. The van der Waals surface area contributed by atoms with Gasteiger partial charge in [-0.15, -0.1) is 0 Å². The standard InChI is InChI=1S/C28H34N4O6/c1-18(2)38-28(36)31-17-19(3)32(20(4)33)24-11-10-23(16-25(24)31)21-6-8-22(9-7-21)26(34)29-12-14-30(15-13-29)27(35)37-5/h6-11,16,18-19H,12-15,17H2,1-5H3. The summed E-state index contributed by atoms with van der Waals surface area (Å²) in [7, 11) is 1.35.